The Bertz CT molecular complexity index is 875. The Kier molecular flexibility index (Phi) is 3.83. The molecule has 2 amide bonds. The van der Waals surface area contributed by atoms with E-state index in [-0.39, 0.29) is 13.2 Å². The van der Waals surface area contributed by atoms with Gasteiger partial charge in [-0.2, -0.15) is 0 Å². The Labute approximate surface area is 143 Å². The van der Waals surface area contributed by atoms with Crippen molar-refractivity contribution in [2.45, 2.75) is 18.8 Å². The number of cyclic esters (lactones) is 1. The summed E-state index contributed by atoms with van der Waals surface area (Å²) in [7, 11) is 0. The third-order valence-corrected chi connectivity index (χ3v) is 4.34. The van der Waals surface area contributed by atoms with Crippen molar-refractivity contribution in [2.75, 3.05) is 19.8 Å². The topological polar surface area (TPSA) is 85.8 Å². The van der Waals surface area contributed by atoms with E-state index >= 15 is 0 Å². The molecule has 1 saturated carbocycles. The standard InChI is InChI=1S/C18H16N2O5/c21-16(20-7-8-24-18(20)23)10-25-17(22)13-9-15(11-5-6-11)19-14-4-2-1-3-12(13)14/h1-4,9,11H,5-8,10H2. The minimum Gasteiger partial charge on any atom is -0.452 e. The van der Waals surface area contributed by atoms with Crippen LogP contribution in [0.1, 0.15) is 34.8 Å². The Morgan fingerprint density at radius 2 is 2.08 bits per heavy atom. The van der Waals surface area contributed by atoms with Gasteiger partial charge in [0, 0.05) is 17.0 Å². The van der Waals surface area contributed by atoms with Crippen LogP contribution in [0.15, 0.2) is 30.3 Å². The van der Waals surface area contributed by atoms with Crippen LogP contribution < -0.4 is 0 Å². The molecule has 1 aliphatic carbocycles. The molecule has 0 spiro atoms. The lowest BCUT2D eigenvalue weighted by Gasteiger charge is -2.12. The number of pyridine rings is 1. The predicted octanol–water partition coefficient (Wildman–Crippen LogP) is 2.25. The summed E-state index contributed by atoms with van der Waals surface area (Å²) in [6, 6.07) is 9.09. The molecule has 1 aromatic carbocycles. The number of para-hydroxylation sites is 1. The first kappa shape index (κ1) is 15.6. The highest BCUT2D eigenvalue weighted by molar-refractivity contribution is 6.04. The zero-order chi connectivity index (χ0) is 17.4. The molecule has 7 heteroatoms. The van der Waals surface area contributed by atoms with Crippen LogP contribution in [0.4, 0.5) is 4.79 Å². The summed E-state index contributed by atoms with van der Waals surface area (Å²) in [5.74, 6) is -0.796. The Balaban J connectivity index is 1.55. The second kappa shape index (κ2) is 6.16. The molecule has 2 aliphatic rings. The van der Waals surface area contributed by atoms with Gasteiger partial charge in [-0.05, 0) is 25.0 Å². The molecule has 25 heavy (non-hydrogen) atoms. The molecule has 128 valence electrons. The van der Waals surface area contributed by atoms with Crippen LogP contribution in [0.2, 0.25) is 0 Å². The molecule has 4 rings (SSSR count). The van der Waals surface area contributed by atoms with E-state index in [1.54, 1.807) is 12.1 Å². The summed E-state index contributed by atoms with van der Waals surface area (Å²) >= 11 is 0. The van der Waals surface area contributed by atoms with Gasteiger partial charge in [0.15, 0.2) is 6.61 Å². The van der Waals surface area contributed by atoms with Gasteiger partial charge in [0.1, 0.15) is 6.61 Å². The minimum atomic E-state index is -0.702. The first-order valence-corrected chi connectivity index (χ1v) is 8.17. The number of imide groups is 1. The van der Waals surface area contributed by atoms with Crippen LogP contribution in [0, 0.1) is 0 Å². The molecular formula is C18H16N2O5. The van der Waals surface area contributed by atoms with Crippen LogP contribution in [-0.4, -0.2) is 47.6 Å². The summed E-state index contributed by atoms with van der Waals surface area (Å²) in [6.45, 7) is -0.152. The van der Waals surface area contributed by atoms with Crippen molar-refractivity contribution in [3.05, 3.63) is 41.6 Å². The molecule has 0 bridgehead atoms. The highest BCUT2D eigenvalue weighted by atomic mass is 16.6. The summed E-state index contributed by atoms with van der Waals surface area (Å²) < 4.78 is 9.85. The van der Waals surface area contributed by atoms with E-state index in [9.17, 15) is 14.4 Å². The van der Waals surface area contributed by atoms with Crippen LogP contribution >= 0.6 is 0 Å². The van der Waals surface area contributed by atoms with E-state index in [1.165, 1.54) is 0 Å². The van der Waals surface area contributed by atoms with E-state index in [1.807, 2.05) is 18.2 Å². The number of benzene rings is 1. The number of hydrogen-bond donors (Lipinski definition) is 0. The Morgan fingerprint density at radius 3 is 2.80 bits per heavy atom. The lowest BCUT2D eigenvalue weighted by atomic mass is 10.1. The molecule has 1 saturated heterocycles. The maximum absolute atomic E-state index is 12.5. The van der Waals surface area contributed by atoms with E-state index in [2.05, 4.69) is 4.98 Å². The monoisotopic (exact) mass is 340 g/mol. The first-order valence-electron chi connectivity index (χ1n) is 8.17. The normalized spacial score (nSPS) is 16.8. The minimum absolute atomic E-state index is 0.165. The molecule has 2 fully saturated rings. The molecule has 0 atom stereocenters. The maximum Gasteiger partial charge on any atom is 0.416 e. The SMILES string of the molecule is O=C(OCC(=O)N1CCOC1=O)c1cc(C2CC2)nc2ccccc12. The fourth-order valence-corrected chi connectivity index (χ4v) is 2.86. The first-order chi connectivity index (χ1) is 12.1. The van der Waals surface area contributed by atoms with Crippen LogP contribution in [0.5, 0.6) is 0 Å². The lowest BCUT2D eigenvalue weighted by molar-refractivity contribution is -0.131. The van der Waals surface area contributed by atoms with Gasteiger partial charge in [0.25, 0.3) is 5.91 Å². The number of carbonyl (C=O) groups is 3. The van der Waals surface area contributed by atoms with E-state index < -0.39 is 24.6 Å². The van der Waals surface area contributed by atoms with Gasteiger partial charge < -0.3 is 9.47 Å². The van der Waals surface area contributed by atoms with E-state index in [0.717, 1.165) is 29.0 Å². The third-order valence-electron chi connectivity index (χ3n) is 4.34. The second-order valence-corrected chi connectivity index (χ2v) is 6.12. The summed E-state index contributed by atoms with van der Waals surface area (Å²) in [5.41, 5.74) is 2.00. The number of rotatable bonds is 4. The van der Waals surface area contributed by atoms with E-state index in [4.69, 9.17) is 9.47 Å². The van der Waals surface area contributed by atoms with Crippen molar-refractivity contribution in [2.24, 2.45) is 0 Å². The lowest BCUT2D eigenvalue weighted by Crippen LogP contribution is -2.35. The summed E-state index contributed by atoms with van der Waals surface area (Å²) in [5, 5.41) is 0.685. The Hall–Kier alpha value is -2.96. The van der Waals surface area contributed by atoms with Crippen molar-refractivity contribution in [3.8, 4) is 0 Å². The molecule has 2 heterocycles. The van der Waals surface area contributed by atoms with Crippen LogP contribution in [-0.2, 0) is 14.3 Å². The average molecular weight is 340 g/mol. The van der Waals surface area contributed by atoms with Crippen LogP contribution in [0.25, 0.3) is 10.9 Å². The van der Waals surface area contributed by atoms with Crippen molar-refractivity contribution in [1.82, 2.24) is 9.88 Å². The number of nitrogens with zero attached hydrogens (tertiary/aromatic N) is 2. The summed E-state index contributed by atoms with van der Waals surface area (Å²) in [4.78, 5) is 41.4. The zero-order valence-corrected chi connectivity index (χ0v) is 13.4. The molecule has 0 N–H and O–H groups in total. The zero-order valence-electron chi connectivity index (χ0n) is 13.4. The van der Waals surface area contributed by atoms with Gasteiger partial charge in [-0.25, -0.2) is 14.5 Å². The van der Waals surface area contributed by atoms with Gasteiger partial charge >= 0.3 is 12.1 Å². The molecule has 0 radical (unpaired) electrons. The largest absolute Gasteiger partial charge is 0.452 e. The van der Waals surface area contributed by atoms with Gasteiger partial charge in [-0.15, -0.1) is 0 Å². The number of fused-ring (bicyclic) bond motifs is 1. The molecule has 1 aliphatic heterocycles. The van der Waals surface area contributed by atoms with Crippen molar-refractivity contribution < 1.29 is 23.9 Å². The smallest absolute Gasteiger partial charge is 0.416 e. The predicted molar refractivity (Wildman–Crippen MR) is 87.1 cm³/mol. The fraction of sp³-hybridized carbons (Fsp3) is 0.333. The highest BCUT2D eigenvalue weighted by Crippen LogP contribution is 2.40. The molecule has 1 aromatic heterocycles. The van der Waals surface area contributed by atoms with Crippen molar-refractivity contribution >= 4 is 28.9 Å². The molecule has 7 nitrogen and oxygen atoms in total. The van der Waals surface area contributed by atoms with Crippen molar-refractivity contribution in [1.29, 1.82) is 0 Å². The summed E-state index contributed by atoms with van der Waals surface area (Å²) in [6.07, 6.45) is 1.43. The van der Waals surface area contributed by atoms with Gasteiger partial charge in [-0.1, -0.05) is 18.2 Å². The third kappa shape index (κ3) is 3.05. The molecule has 2 aromatic rings. The van der Waals surface area contributed by atoms with Crippen LogP contribution in [0.3, 0.4) is 0 Å². The number of ether oxygens (including phenoxy) is 2. The van der Waals surface area contributed by atoms with Crippen molar-refractivity contribution in [3.63, 3.8) is 0 Å². The Morgan fingerprint density at radius 1 is 1.28 bits per heavy atom. The number of amides is 2. The average Bonchev–Trinajstić information content (AvgIpc) is 3.39. The quantitative estimate of drug-likeness (QED) is 0.794. The van der Waals surface area contributed by atoms with Gasteiger partial charge in [0.2, 0.25) is 0 Å². The number of hydrogen-bond acceptors (Lipinski definition) is 6. The fourth-order valence-electron chi connectivity index (χ4n) is 2.86. The molecular weight excluding hydrogens is 324 g/mol. The second-order valence-electron chi connectivity index (χ2n) is 6.12. The number of esters is 1. The van der Waals surface area contributed by atoms with Gasteiger partial charge in [-0.3, -0.25) is 9.78 Å². The molecule has 0 unspecified atom stereocenters. The van der Waals surface area contributed by atoms with Gasteiger partial charge in [0.05, 0.1) is 17.6 Å². The maximum atomic E-state index is 12.5. The highest BCUT2D eigenvalue weighted by Gasteiger charge is 2.30. The van der Waals surface area contributed by atoms with E-state index in [0.29, 0.717) is 16.9 Å². The number of carbonyl (C=O) groups excluding carboxylic acids is 3. The number of aromatic nitrogens is 1.